The third kappa shape index (κ3) is 4.15. The van der Waals surface area contributed by atoms with Gasteiger partial charge < -0.3 is 15.4 Å². The van der Waals surface area contributed by atoms with Gasteiger partial charge in [-0.2, -0.15) is 0 Å². The molecule has 0 atom stereocenters. The van der Waals surface area contributed by atoms with Crippen molar-refractivity contribution in [3.05, 3.63) is 38.7 Å². The highest BCUT2D eigenvalue weighted by Crippen LogP contribution is 2.23. The highest BCUT2D eigenvalue weighted by atomic mass is 32.1. The normalized spacial score (nSPS) is 10.0. The van der Waals surface area contributed by atoms with Crippen molar-refractivity contribution in [1.82, 2.24) is 5.32 Å². The van der Waals surface area contributed by atoms with E-state index in [2.05, 4.69) is 15.4 Å². The molecule has 0 aliphatic carbocycles. The van der Waals surface area contributed by atoms with Crippen molar-refractivity contribution < 1.29 is 19.1 Å². The van der Waals surface area contributed by atoms with Crippen LogP contribution in [0.2, 0.25) is 0 Å². The maximum absolute atomic E-state index is 11.8. The third-order valence-corrected chi connectivity index (χ3v) is 4.46. The molecule has 8 heteroatoms. The molecule has 6 nitrogen and oxygen atoms in total. The van der Waals surface area contributed by atoms with E-state index in [0.717, 1.165) is 0 Å². The van der Waals surface area contributed by atoms with Gasteiger partial charge in [0.1, 0.15) is 4.88 Å². The minimum atomic E-state index is -0.490. The zero-order valence-corrected chi connectivity index (χ0v) is 13.4. The van der Waals surface area contributed by atoms with Gasteiger partial charge in [0.2, 0.25) is 5.91 Å². The molecular formula is C14H14N2O4S2. The summed E-state index contributed by atoms with van der Waals surface area (Å²) in [5.41, 5.74) is 0.423. The van der Waals surface area contributed by atoms with Crippen molar-refractivity contribution in [2.24, 2.45) is 0 Å². The fourth-order valence-electron chi connectivity index (χ4n) is 1.66. The molecule has 116 valence electrons. The van der Waals surface area contributed by atoms with Gasteiger partial charge in [0, 0.05) is 13.0 Å². The van der Waals surface area contributed by atoms with Crippen molar-refractivity contribution in [2.45, 2.75) is 6.42 Å². The van der Waals surface area contributed by atoms with Gasteiger partial charge in [-0.3, -0.25) is 9.59 Å². The zero-order valence-electron chi connectivity index (χ0n) is 11.8. The van der Waals surface area contributed by atoms with E-state index in [1.807, 2.05) is 5.38 Å². The molecule has 2 aromatic rings. The Balaban J connectivity index is 1.80. The number of thiophene rings is 2. The van der Waals surface area contributed by atoms with Crippen LogP contribution in [0.1, 0.15) is 25.8 Å². The van der Waals surface area contributed by atoms with Crippen molar-refractivity contribution >= 4 is 46.1 Å². The lowest BCUT2D eigenvalue weighted by Gasteiger charge is -2.06. The van der Waals surface area contributed by atoms with Crippen LogP contribution in [0.5, 0.6) is 0 Å². The molecule has 0 aromatic carbocycles. The Bertz CT molecular complexity index is 664. The quantitative estimate of drug-likeness (QED) is 0.792. The molecule has 2 amide bonds. The number of carbonyl (C=O) groups excluding carboxylic acids is 3. The van der Waals surface area contributed by atoms with Gasteiger partial charge in [0.25, 0.3) is 5.91 Å². The van der Waals surface area contributed by atoms with E-state index in [-0.39, 0.29) is 24.8 Å². The number of methoxy groups -OCH3 is 1. The van der Waals surface area contributed by atoms with E-state index in [1.165, 1.54) is 29.8 Å². The lowest BCUT2D eigenvalue weighted by atomic mass is 10.3. The molecular weight excluding hydrogens is 324 g/mol. The maximum Gasteiger partial charge on any atom is 0.350 e. The first-order chi connectivity index (χ1) is 10.6. The average Bonchev–Trinajstić information content (AvgIpc) is 3.17. The molecule has 0 aliphatic rings. The van der Waals surface area contributed by atoms with Crippen molar-refractivity contribution in [1.29, 1.82) is 0 Å². The van der Waals surface area contributed by atoms with Crippen molar-refractivity contribution in [2.75, 3.05) is 19.0 Å². The molecule has 2 rings (SSSR count). The van der Waals surface area contributed by atoms with Crippen LogP contribution in [0.3, 0.4) is 0 Å². The van der Waals surface area contributed by atoms with Crippen LogP contribution in [0, 0.1) is 0 Å². The summed E-state index contributed by atoms with van der Waals surface area (Å²) >= 11 is 2.53. The molecule has 0 saturated carbocycles. The SMILES string of the molecule is COC(=O)c1sccc1NC(=O)CCNC(=O)c1cccs1. The Morgan fingerprint density at radius 2 is 2.00 bits per heavy atom. The number of nitrogens with one attached hydrogen (secondary N) is 2. The van der Waals surface area contributed by atoms with Crippen LogP contribution in [0.15, 0.2) is 29.0 Å². The molecule has 0 bridgehead atoms. The second-order valence-electron chi connectivity index (χ2n) is 4.19. The first-order valence-corrected chi connectivity index (χ1v) is 8.15. The zero-order chi connectivity index (χ0) is 15.9. The van der Waals surface area contributed by atoms with E-state index in [4.69, 9.17) is 0 Å². The van der Waals surface area contributed by atoms with Crippen LogP contribution in [0.4, 0.5) is 5.69 Å². The third-order valence-electron chi connectivity index (χ3n) is 2.69. The Labute approximate surface area is 135 Å². The molecule has 0 radical (unpaired) electrons. The molecule has 22 heavy (non-hydrogen) atoms. The Hall–Kier alpha value is -2.19. The van der Waals surface area contributed by atoms with Gasteiger partial charge >= 0.3 is 5.97 Å². The predicted molar refractivity (Wildman–Crippen MR) is 85.6 cm³/mol. The van der Waals surface area contributed by atoms with Crippen molar-refractivity contribution in [3.63, 3.8) is 0 Å². The van der Waals surface area contributed by atoms with E-state index < -0.39 is 5.97 Å². The highest BCUT2D eigenvalue weighted by molar-refractivity contribution is 7.12. The van der Waals surface area contributed by atoms with Crippen LogP contribution in [-0.2, 0) is 9.53 Å². The minimum absolute atomic E-state index is 0.119. The first-order valence-electron chi connectivity index (χ1n) is 6.39. The number of carbonyl (C=O) groups is 3. The molecule has 2 N–H and O–H groups in total. The number of amides is 2. The Kier molecular flexibility index (Phi) is 5.68. The number of hydrogen-bond donors (Lipinski definition) is 2. The standard InChI is InChI=1S/C14H14N2O4S2/c1-20-14(19)12-9(5-8-22-12)16-11(17)4-6-15-13(18)10-3-2-7-21-10/h2-3,5,7-8H,4,6H2,1H3,(H,15,18)(H,16,17). The highest BCUT2D eigenvalue weighted by Gasteiger charge is 2.15. The predicted octanol–water partition coefficient (Wildman–Crippen LogP) is 2.35. The van der Waals surface area contributed by atoms with E-state index >= 15 is 0 Å². The van der Waals surface area contributed by atoms with Crippen LogP contribution in [0.25, 0.3) is 0 Å². The lowest BCUT2D eigenvalue weighted by Crippen LogP contribution is -2.27. The van der Waals surface area contributed by atoms with Gasteiger partial charge in [-0.25, -0.2) is 4.79 Å². The fourth-order valence-corrected chi connectivity index (χ4v) is 3.06. The first kappa shape index (κ1) is 16.2. The average molecular weight is 338 g/mol. The summed E-state index contributed by atoms with van der Waals surface area (Å²) < 4.78 is 4.64. The van der Waals surface area contributed by atoms with Gasteiger partial charge in [-0.1, -0.05) is 6.07 Å². The topological polar surface area (TPSA) is 84.5 Å². The molecule has 2 heterocycles. The lowest BCUT2D eigenvalue weighted by molar-refractivity contribution is -0.116. The summed E-state index contributed by atoms with van der Waals surface area (Å²) in [6.07, 6.45) is 0.119. The molecule has 0 saturated heterocycles. The molecule has 2 aromatic heterocycles. The van der Waals surface area contributed by atoms with Gasteiger partial charge in [0.15, 0.2) is 0 Å². The molecule has 0 aliphatic heterocycles. The van der Waals surface area contributed by atoms with E-state index in [1.54, 1.807) is 23.6 Å². The smallest absolute Gasteiger partial charge is 0.350 e. The van der Waals surface area contributed by atoms with Gasteiger partial charge in [0.05, 0.1) is 17.7 Å². The summed E-state index contributed by atoms with van der Waals surface area (Å²) in [7, 11) is 1.29. The van der Waals surface area contributed by atoms with Gasteiger partial charge in [-0.15, -0.1) is 22.7 Å². The molecule has 0 spiro atoms. The number of ether oxygens (including phenoxy) is 1. The Morgan fingerprint density at radius 3 is 2.68 bits per heavy atom. The van der Waals surface area contributed by atoms with Crippen LogP contribution in [-0.4, -0.2) is 31.4 Å². The Morgan fingerprint density at radius 1 is 1.18 bits per heavy atom. The summed E-state index contributed by atoms with van der Waals surface area (Å²) in [5, 5.41) is 8.81. The van der Waals surface area contributed by atoms with Gasteiger partial charge in [-0.05, 0) is 22.9 Å². The molecule has 0 unspecified atom stereocenters. The summed E-state index contributed by atoms with van der Waals surface area (Å²) in [5.74, 6) is -0.972. The summed E-state index contributed by atoms with van der Waals surface area (Å²) in [4.78, 5) is 36.0. The minimum Gasteiger partial charge on any atom is -0.465 e. The number of hydrogen-bond acceptors (Lipinski definition) is 6. The molecule has 0 fully saturated rings. The number of rotatable bonds is 6. The monoisotopic (exact) mass is 338 g/mol. The number of anilines is 1. The summed E-state index contributed by atoms with van der Waals surface area (Å²) in [6, 6.07) is 5.14. The van der Waals surface area contributed by atoms with E-state index in [0.29, 0.717) is 15.4 Å². The largest absolute Gasteiger partial charge is 0.465 e. The van der Waals surface area contributed by atoms with E-state index in [9.17, 15) is 14.4 Å². The number of esters is 1. The summed E-state index contributed by atoms with van der Waals surface area (Å²) in [6.45, 7) is 0.222. The van der Waals surface area contributed by atoms with Crippen LogP contribution >= 0.6 is 22.7 Å². The second kappa shape index (κ2) is 7.71. The van der Waals surface area contributed by atoms with Crippen molar-refractivity contribution in [3.8, 4) is 0 Å². The van der Waals surface area contributed by atoms with Crippen LogP contribution < -0.4 is 10.6 Å². The fraction of sp³-hybridized carbons (Fsp3) is 0.214. The second-order valence-corrected chi connectivity index (χ2v) is 6.05. The maximum atomic E-state index is 11.8.